The van der Waals surface area contributed by atoms with Crippen molar-refractivity contribution in [2.75, 3.05) is 44.8 Å². The lowest BCUT2D eigenvalue weighted by Crippen LogP contribution is -2.45. The predicted octanol–water partition coefficient (Wildman–Crippen LogP) is 3.96. The number of nitrogens with zero attached hydrogens (tertiary/aromatic N) is 3. The van der Waals surface area contributed by atoms with Gasteiger partial charge in [0.05, 0.1) is 30.3 Å². The van der Waals surface area contributed by atoms with Crippen LogP contribution in [0.3, 0.4) is 0 Å². The second-order valence-corrected chi connectivity index (χ2v) is 9.19. The Morgan fingerprint density at radius 1 is 1.25 bits per heavy atom. The Hall–Kier alpha value is -3.21. The minimum Gasteiger partial charge on any atom is -0.488 e. The third-order valence-electron chi connectivity index (χ3n) is 5.93. The summed E-state index contributed by atoms with van der Waals surface area (Å²) in [6, 6.07) is 7.99. The summed E-state index contributed by atoms with van der Waals surface area (Å²) < 4.78 is 36.6. The van der Waals surface area contributed by atoms with E-state index in [9.17, 15) is 9.18 Å². The number of carbonyl (C=O) groups is 1. The number of morpholine rings is 1. The first-order valence-electron chi connectivity index (χ1n) is 11.7. The molecule has 2 aliphatic heterocycles. The molecule has 36 heavy (non-hydrogen) atoms. The molecule has 2 unspecified atom stereocenters. The maximum atomic E-state index is 13.6. The number of hydrogen-bond donors (Lipinski definition) is 1. The van der Waals surface area contributed by atoms with Gasteiger partial charge in [-0.25, -0.2) is 14.4 Å². The molecule has 0 aliphatic carbocycles. The molecule has 3 heterocycles. The standard InChI is InChI=1S/C25H26ClFN4O5/c1-15-11-31(12-24(32)35-15)5-7-34-22-9-18-21(10-23(22)36-17-4-6-33-13-17)28-14-29-25(18)30-16-2-3-20(27)19(26)8-16/h2-3,8-10,14-15,17H,4-7,11-13H2,1H3,(H,28,29,30). The van der Waals surface area contributed by atoms with Gasteiger partial charge in [-0.1, -0.05) is 11.6 Å². The van der Waals surface area contributed by atoms with Gasteiger partial charge in [-0.05, 0) is 31.2 Å². The zero-order valence-corrected chi connectivity index (χ0v) is 20.5. The number of carbonyl (C=O) groups excluding carboxylic acids is 1. The van der Waals surface area contributed by atoms with Crippen molar-refractivity contribution in [3.05, 3.63) is 47.5 Å². The summed E-state index contributed by atoms with van der Waals surface area (Å²) in [6.45, 7) is 4.79. The van der Waals surface area contributed by atoms with Crippen LogP contribution in [0.2, 0.25) is 5.02 Å². The van der Waals surface area contributed by atoms with Crippen molar-refractivity contribution in [2.24, 2.45) is 0 Å². The molecule has 2 aliphatic rings. The van der Waals surface area contributed by atoms with Crippen LogP contribution in [-0.2, 0) is 14.3 Å². The van der Waals surface area contributed by atoms with Crippen molar-refractivity contribution in [1.82, 2.24) is 14.9 Å². The monoisotopic (exact) mass is 516 g/mol. The Morgan fingerprint density at radius 3 is 2.92 bits per heavy atom. The van der Waals surface area contributed by atoms with E-state index in [-0.39, 0.29) is 29.7 Å². The molecule has 1 aromatic heterocycles. The molecular weight excluding hydrogens is 491 g/mol. The smallest absolute Gasteiger partial charge is 0.320 e. The van der Waals surface area contributed by atoms with Gasteiger partial charge in [-0.3, -0.25) is 9.69 Å². The fraction of sp³-hybridized carbons (Fsp3) is 0.400. The van der Waals surface area contributed by atoms with Crippen LogP contribution in [0.4, 0.5) is 15.9 Å². The summed E-state index contributed by atoms with van der Waals surface area (Å²) in [6.07, 6.45) is 1.99. The van der Waals surface area contributed by atoms with Crippen LogP contribution in [0.1, 0.15) is 13.3 Å². The number of ether oxygens (including phenoxy) is 4. The number of cyclic esters (lactones) is 1. The number of anilines is 2. The number of esters is 1. The molecule has 0 bridgehead atoms. The Labute approximate surface area is 212 Å². The molecule has 190 valence electrons. The third-order valence-corrected chi connectivity index (χ3v) is 6.22. The number of benzene rings is 2. The maximum absolute atomic E-state index is 13.6. The van der Waals surface area contributed by atoms with E-state index in [0.717, 1.165) is 6.42 Å². The molecule has 0 radical (unpaired) electrons. The largest absolute Gasteiger partial charge is 0.488 e. The lowest BCUT2D eigenvalue weighted by atomic mass is 10.2. The van der Waals surface area contributed by atoms with Crippen LogP contribution in [-0.4, -0.2) is 72.5 Å². The lowest BCUT2D eigenvalue weighted by molar-refractivity contribution is -0.157. The number of hydrogen-bond acceptors (Lipinski definition) is 9. The van der Waals surface area contributed by atoms with Gasteiger partial charge in [0, 0.05) is 36.7 Å². The molecule has 11 heteroatoms. The maximum Gasteiger partial charge on any atom is 0.320 e. The Bertz CT molecular complexity index is 1260. The van der Waals surface area contributed by atoms with Crippen molar-refractivity contribution < 1.29 is 28.1 Å². The van der Waals surface area contributed by atoms with E-state index in [1.165, 1.54) is 18.5 Å². The van der Waals surface area contributed by atoms with Crippen LogP contribution in [0.15, 0.2) is 36.7 Å². The zero-order valence-electron chi connectivity index (χ0n) is 19.7. The Kier molecular flexibility index (Phi) is 7.35. The lowest BCUT2D eigenvalue weighted by Gasteiger charge is -2.30. The number of fused-ring (bicyclic) bond motifs is 1. The molecule has 2 aromatic carbocycles. The second-order valence-electron chi connectivity index (χ2n) is 8.78. The first kappa shape index (κ1) is 24.5. The molecule has 2 saturated heterocycles. The molecule has 2 fully saturated rings. The van der Waals surface area contributed by atoms with Gasteiger partial charge in [0.1, 0.15) is 36.8 Å². The van der Waals surface area contributed by atoms with Gasteiger partial charge >= 0.3 is 5.97 Å². The van der Waals surface area contributed by atoms with Crippen LogP contribution in [0.5, 0.6) is 11.5 Å². The Morgan fingerprint density at radius 2 is 2.14 bits per heavy atom. The fourth-order valence-electron chi connectivity index (χ4n) is 4.23. The van der Waals surface area contributed by atoms with E-state index in [2.05, 4.69) is 15.3 Å². The summed E-state index contributed by atoms with van der Waals surface area (Å²) >= 11 is 5.94. The highest BCUT2D eigenvalue weighted by molar-refractivity contribution is 6.31. The summed E-state index contributed by atoms with van der Waals surface area (Å²) in [4.78, 5) is 22.5. The molecule has 0 saturated carbocycles. The third kappa shape index (κ3) is 5.77. The number of nitrogens with one attached hydrogen (secondary N) is 1. The van der Waals surface area contributed by atoms with Crippen LogP contribution in [0.25, 0.3) is 10.9 Å². The van der Waals surface area contributed by atoms with E-state index in [1.54, 1.807) is 6.07 Å². The molecule has 1 N–H and O–H groups in total. The Balaban J connectivity index is 1.40. The van der Waals surface area contributed by atoms with Crippen molar-refractivity contribution in [1.29, 1.82) is 0 Å². The van der Waals surface area contributed by atoms with Crippen LogP contribution < -0.4 is 14.8 Å². The fourth-order valence-corrected chi connectivity index (χ4v) is 4.41. The molecule has 2 atom stereocenters. The highest BCUT2D eigenvalue weighted by atomic mass is 35.5. The summed E-state index contributed by atoms with van der Waals surface area (Å²) in [7, 11) is 0. The number of rotatable bonds is 8. The number of halogens is 2. The molecule has 0 spiro atoms. The van der Waals surface area contributed by atoms with Crippen molar-refractivity contribution in [3.8, 4) is 11.5 Å². The zero-order chi connectivity index (χ0) is 25.1. The second kappa shape index (κ2) is 10.8. The van der Waals surface area contributed by atoms with Gasteiger partial charge in [-0.15, -0.1) is 0 Å². The summed E-state index contributed by atoms with van der Waals surface area (Å²) in [5.74, 6) is 0.852. The molecule has 5 rings (SSSR count). The highest BCUT2D eigenvalue weighted by Gasteiger charge is 2.24. The van der Waals surface area contributed by atoms with Crippen molar-refractivity contribution in [3.63, 3.8) is 0 Å². The minimum atomic E-state index is -0.500. The SMILES string of the molecule is CC1CN(CCOc2cc3c(Nc4ccc(F)c(Cl)c4)ncnc3cc2OC2CCOC2)CC(=O)O1. The first-order chi connectivity index (χ1) is 17.4. The van der Waals surface area contributed by atoms with E-state index >= 15 is 0 Å². The van der Waals surface area contributed by atoms with Crippen molar-refractivity contribution >= 4 is 40.0 Å². The highest BCUT2D eigenvalue weighted by Crippen LogP contribution is 2.36. The van der Waals surface area contributed by atoms with Crippen LogP contribution in [0, 0.1) is 5.82 Å². The van der Waals surface area contributed by atoms with E-state index in [0.29, 0.717) is 66.8 Å². The van der Waals surface area contributed by atoms with Gasteiger partial charge in [-0.2, -0.15) is 0 Å². The van der Waals surface area contributed by atoms with E-state index in [4.69, 9.17) is 30.5 Å². The average molecular weight is 517 g/mol. The van der Waals surface area contributed by atoms with E-state index in [1.807, 2.05) is 24.0 Å². The van der Waals surface area contributed by atoms with Gasteiger partial charge in [0.25, 0.3) is 0 Å². The first-order valence-corrected chi connectivity index (χ1v) is 12.1. The minimum absolute atomic E-state index is 0.00719. The number of aromatic nitrogens is 2. The van der Waals surface area contributed by atoms with Gasteiger partial charge in [0.2, 0.25) is 0 Å². The summed E-state index contributed by atoms with van der Waals surface area (Å²) in [5.41, 5.74) is 1.23. The van der Waals surface area contributed by atoms with E-state index < -0.39 is 5.82 Å². The predicted molar refractivity (Wildman–Crippen MR) is 132 cm³/mol. The normalized spacial score (nSPS) is 20.4. The quantitative estimate of drug-likeness (QED) is 0.446. The molecule has 0 amide bonds. The van der Waals surface area contributed by atoms with Crippen LogP contribution >= 0.6 is 11.6 Å². The molecular formula is C25H26ClFN4O5. The average Bonchev–Trinajstić information content (AvgIpc) is 3.35. The molecule has 3 aromatic rings. The summed E-state index contributed by atoms with van der Waals surface area (Å²) in [5, 5.41) is 3.87. The molecule has 9 nitrogen and oxygen atoms in total. The topological polar surface area (TPSA) is 95.0 Å². The van der Waals surface area contributed by atoms with Crippen molar-refractivity contribution in [2.45, 2.75) is 25.6 Å². The van der Waals surface area contributed by atoms with Gasteiger partial charge in [0.15, 0.2) is 11.5 Å². The van der Waals surface area contributed by atoms with Gasteiger partial charge < -0.3 is 24.3 Å².